The van der Waals surface area contributed by atoms with Crippen LogP contribution in [0.25, 0.3) is 21.9 Å². The first-order valence-corrected chi connectivity index (χ1v) is 7.26. The van der Waals surface area contributed by atoms with Gasteiger partial charge in [0.05, 0.1) is 17.8 Å². The first kappa shape index (κ1) is 13.4. The van der Waals surface area contributed by atoms with E-state index in [1.807, 2.05) is 42.6 Å². The van der Waals surface area contributed by atoms with E-state index in [1.165, 1.54) is 0 Å². The molecule has 4 aromatic rings. The molecule has 114 valence electrons. The number of nitrogens with zero attached hydrogens (tertiary/aromatic N) is 4. The topological polar surface area (TPSA) is 88.5 Å². The maximum atomic E-state index is 12.1. The van der Waals surface area contributed by atoms with Crippen molar-refractivity contribution in [3.8, 4) is 0 Å². The number of carbonyl (C=O) groups is 1. The number of carbonyl (C=O) groups excluding carboxylic acids is 1. The molecule has 0 saturated carbocycles. The van der Waals surface area contributed by atoms with E-state index in [9.17, 15) is 4.79 Å². The van der Waals surface area contributed by atoms with Crippen molar-refractivity contribution >= 4 is 27.8 Å². The second kappa shape index (κ2) is 5.53. The van der Waals surface area contributed by atoms with Gasteiger partial charge in [-0.15, -0.1) is 0 Å². The molecule has 0 spiro atoms. The average molecular weight is 306 g/mol. The summed E-state index contributed by atoms with van der Waals surface area (Å²) in [6.45, 7) is 0.556. The van der Waals surface area contributed by atoms with Crippen LogP contribution in [0.4, 0.5) is 0 Å². The Morgan fingerprint density at radius 3 is 3.04 bits per heavy atom. The number of H-pyrrole nitrogens is 1. The van der Waals surface area contributed by atoms with E-state index in [0.717, 1.165) is 22.0 Å². The maximum absolute atomic E-state index is 12.1. The molecule has 1 amide bonds. The Kier molecular flexibility index (Phi) is 3.23. The Hall–Kier alpha value is -3.22. The van der Waals surface area contributed by atoms with Gasteiger partial charge in [0.15, 0.2) is 5.65 Å². The highest BCUT2D eigenvalue weighted by Crippen LogP contribution is 2.12. The van der Waals surface area contributed by atoms with E-state index >= 15 is 0 Å². The summed E-state index contributed by atoms with van der Waals surface area (Å²) in [4.78, 5) is 16.3. The number of pyridine rings is 1. The normalized spacial score (nSPS) is 11.1. The Morgan fingerprint density at radius 1 is 1.22 bits per heavy atom. The standard InChI is InChI=1S/C16H14N6O/c23-15(10-22-9-11-4-1-2-6-13(11)21-22)18-8-14-12-5-3-7-17-16(12)20-19-14/h1-7,9H,8,10H2,(H,18,23)(H,17,19,20). The van der Waals surface area contributed by atoms with Crippen LogP contribution in [-0.2, 0) is 17.9 Å². The third-order valence-corrected chi connectivity index (χ3v) is 3.64. The molecule has 0 fully saturated rings. The molecule has 7 heteroatoms. The van der Waals surface area contributed by atoms with Gasteiger partial charge >= 0.3 is 0 Å². The SMILES string of the molecule is O=C(Cn1cc2ccccc2n1)NCc1[nH]nc2ncccc12. The van der Waals surface area contributed by atoms with Gasteiger partial charge in [0.25, 0.3) is 0 Å². The minimum atomic E-state index is -0.107. The molecule has 0 saturated heterocycles. The Morgan fingerprint density at radius 2 is 2.13 bits per heavy atom. The van der Waals surface area contributed by atoms with Gasteiger partial charge < -0.3 is 5.32 Å². The van der Waals surface area contributed by atoms with Gasteiger partial charge in [-0.1, -0.05) is 18.2 Å². The first-order chi connectivity index (χ1) is 11.3. The van der Waals surface area contributed by atoms with Crippen LogP contribution in [0.15, 0.2) is 48.8 Å². The average Bonchev–Trinajstić information content (AvgIpc) is 3.16. The van der Waals surface area contributed by atoms with Crippen molar-refractivity contribution in [2.24, 2.45) is 0 Å². The quantitative estimate of drug-likeness (QED) is 0.599. The summed E-state index contributed by atoms with van der Waals surface area (Å²) >= 11 is 0. The molecule has 7 nitrogen and oxygen atoms in total. The summed E-state index contributed by atoms with van der Waals surface area (Å²) in [7, 11) is 0. The molecule has 0 aliphatic carbocycles. The number of aromatic nitrogens is 5. The van der Waals surface area contributed by atoms with Gasteiger partial charge in [0.1, 0.15) is 6.54 Å². The zero-order chi connectivity index (χ0) is 15.6. The summed E-state index contributed by atoms with van der Waals surface area (Å²) in [5, 5.41) is 16.2. The smallest absolute Gasteiger partial charge is 0.242 e. The van der Waals surface area contributed by atoms with Crippen LogP contribution < -0.4 is 5.32 Å². The summed E-state index contributed by atoms with van der Waals surface area (Å²) in [5.74, 6) is -0.107. The molecule has 3 aromatic heterocycles. The predicted octanol–water partition coefficient (Wildman–Crippen LogP) is 1.62. The van der Waals surface area contributed by atoms with Gasteiger partial charge in [0.2, 0.25) is 5.91 Å². The summed E-state index contributed by atoms with van der Waals surface area (Å²) in [5.41, 5.74) is 2.37. The van der Waals surface area contributed by atoms with Crippen molar-refractivity contribution in [2.75, 3.05) is 0 Å². The number of fused-ring (bicyclic) bond motifs is 2. The van der Waals surface area contributed by atoms with Gasteiger partial charge in [0, 0.05) is 23.2 Å². The van der Waals surface area contributed by atoms with Crippen LogP contribution in [-0.4, -0.2) is 30.9 Å². The molecular formula is C16H14N6O. The van der Waals surface area contributed by atoms with Crippen LogP contribution in [0.3, 0.4) is 0 Å². The fourth-order valence-corrected chi connectivity index (χ4v) is 2.52. The van der Waals surface area contributed by atoms with Crippen molar-refractivity contribution in [1.29, 1.82) is 0 Å². The largest absolute Gasteiger partial charge is 0.349 e. The van der Waals surface area contributed by atoms with Crippen LogP contribution in [0, 0.1) is 0 Å². The molecule has 4 rings (SSSR count). The molecule has 3 heterocycles. The van der Waals surface area contributed by atoms with Gasteiger partial charge in [-0.05, 0) is 18.2 Å². The lowest BCUT2D eigenvalue weighted by atomic mass is 10.2. The molecule has 23 heavy (non-hydrogen) atoms. The van der Waals surface area contributed by atoms with Crippen molar-refractivity contribution in [1.82, 2.24) is 30.3 Å². The molecule has 0 bridgehead atoms. The van der Waals surface area contributed by atoms with Gasteiger partial charge in [-0.2, -0.15) is 10.2 Å². The van der Waals surface area contributed by atoms with E-state index in [-0.39, 0.29) is 12.5 Å². The summed E-state index contributed by atoms with van der Waals surface area (Å²) in [6, 6.07) is 11.5. The Labute approximate surface area is 131 Å². The highest BCUT2D eigenvalue weighted by Gasteiger charge is 2.09. The van der Waals surface area contributed by atoms with Crippen LogP contribution in [0.2, 0.25) is 0 Å². The van der Waals surface area contributed by atoms with E-state index in [1.54, 1.807) is 10.9 Å². The zero-order valence-corrected chi connectivity index (χ0v) is 12.2. The van der Waals surface area contributed by atoms with Crippen molar-refractivity contribution in [3.63, 3.8) is 0 Å². The first-order valence-electron chi connectivity index (χ1n) is 7.26. The highest BCUT2D eigenvalue weighted by molar-refractivity contribution is 5.81. The number of nitrogens with one attached hydrogen (secondary N) is 2. The molecule has 1 aromatic carbocycles. The lowest BCUT2D eigenvalue weighted by molar-refractivity contribution is -0.122. The number of hydrogen-bond acceptors (Lipinski definition) is 4. The van der Waals surface area contributed by atoms with Crippen molar-refractivity contribution in [2.45, 2.75) is 13.1 Å². The lowest BCUT2D eigenvalue weighted by Gasteiger charge is -2.04. The van der Waals surface area contributed by atoms with Crippen LogP contribution >= 0.6 is 0 Å². The molecule has 0 aliphatic rings. The van der Waals surface area contributed by atoms with Gasteiger partial charge in [-0.25, -0.2) is 4.98 Å². The van der Waals surface area contributed by atoms with E-state index < -0.39 is 0 Å². The number of hydrogen-bond donors (Lipinski definition) is 2. The maximum Gasteiger partial charge on any atom is 0.242 e. The Balaban J connectivity index is 1.43. The molecular weight excluding hydrogens is 292 g/mol. The molecule has 0 aliphatic heterocycles. The minimum absolute atomic E-state index is 0.107. The molecule has 0 atom stereocenters. The van der Waals surface area contributed by atoms with Crippen molar-refractivity contribution in [3.05, 3.63) is 54.5 Å². The second-order valence-electron chi connectivity index (χ2n) is 5.24. The Bertz CT molecular complexity index is 953. The summed E-state index contributed by atoms with van der Waals surface area (Å²) < 4.78 is 1.65. The third-order valence-electron chi connectivity index (χ3n) is 3.64. The van der Waals surface area contributed by atoms with Crippen molar-refractivity contribution < 1.29 is 4.79 Å². The third kappa shape index (κ3) is 2.64. The molecule has 0 radical (unpaired) electrons. The van der Waals surface area contributed by atoms with Crippen LogP contribution in [0.5, 0.6) is 0 Å². The highest BCUT2D eigenvalue weighted by atomic mass is 16.2. The lowest BCUT2D eigenvalue weighted by Crippen LogP contribution is -2.27. The number of rotatable bonds is 4. The molecule has 0 unspecified atom stereocenters. The minimum Gasteiger partial charge on any atom is -0.349 e. The van der Waals surface area contributed by atoms with Gasteiger partial charge in [-0.3, -0.25) is 14.6 Å². The summed E-state index contributed by atoms with van der Waals surface area (Å²) in [6.07, 6.45) is 3.55. The number of amides is 1. The monoisotopic (exact) mass is 306 g/mol. The molecule has 2 N–H and O–H groups in total. The predicted molar refractivity (Wildman–Crippen MR) is 85.5 cm³/mol. The van der Waals surface area contributed by atoms with E-state index in [2.05, 4.69) is 25.6 Å². The van der Waals surface area contributed by atoms with E-state index in [0.29, 0.717) is 12.2 Å². The number of aromatic amines is 1. The van der Waals surface area contributed by atoms with Crippen LogP contribution in [0.1, 0.15) is 5.69 Å². The zero-order valence-electron chi connectivity index (χ0n) is 12.2. The van der Waals surface area contributed by atoms with E-state index in [4.69, 9.17) is 0 Å². The fourth-order valence-electron chi connectivity index (χ4n) is 2.52. The second-order valence-corrected chi connectivity index (χ2v) is 5.24. The fraction of sp³-hybridized carbons (Fsp3) is 0.125. The number of benzene rings is 1.